The van der Waals surface area contributed by atoms with Crippen LogP contribution in [0.25, 0.3) is 0 Å². The maximum atomic E-state index is 2.53. The SMILES string of the molecule is CCCCCCCCCCCCCCN1C=CN(c2ccccc2)C1CC. The smallest absolute Gasteiger partial charge is 0.105 e. The first kappa shape index (κ1) is 21.9. The molecule has 0 aliphatic carbocycles. The molecule has 1 heterocycles. The molecule has 1 aliphatic rings. The van der Waals surface area contributed by atoms with Gasteiger partial charge in [-0.05, 0) is 25.0 Å². The summed E-state index contributed by atoms with van der Waals surface area (Å²) >= 11 is 0. The van der Waals surface area contributed by atoms with Crippen molar-refractivity contribution in [2.75, 3.05) is 11.4 Å². The van der Waals surface area contributed by atoms with Gasteiger partial charge in [0.15, 0.2) is 0 Å². The van der Waals surface area contributed by atoms with Gasteiger partial charge in [0.2, 0.25) is 0 Å². The molecular formula is C25H42N2. The zero-order chi connectivity index (χ0) is 19.2. The van der Waals surface area contributed by atoms with Gasteiger partial charge in [-0.15, -0.1) is 0 Å². The molecule has 0 saturated heterocycles. The van der Waals surface area contributed by atoms with E-state index in [0.29, 0.717) is 6.17 Å². The van der Waals surface area contributed by atoms with Gasteiger partial charge in [-0.2, -0.15) is 0 Å². The van der Waals surface area contributed by atoms with Crippen molar-refractivity contribution in [1.82, 2.24) is 4.90 Å². The topological polar surface area (TPSA) is 6.48 Å². The van der Waals surface area contributed by atoms with Crippen LogP contribution < -0.4 is 4.90 Å². The van der Waals surface area contributed by atoms with E-state index in [9.17, 15) is 0 Å². The van der Waals surface area contributed by atoms with Crippen molar-refractivity contribution >= 4 is 5.69 Å². The molecule has 152 valence electrons. The van der Waals surface area contributed by atoms with Gasteiger partial charge in [0.1, 0.15) is 6.17 Å². The molecule has 0 fully saturated rings. The van der Waals surface area contributed by atoms with Crippen LogP contribution >= 0.6 is 0 Å². The fourth-order valence-electron chi connectivity index (χ4n) is 4.16. The van der Waals surface area contributed by atoms with Crippen molar-refractivity contribution in [2.24, 2.45) is 0 Å². The predicted octanol–water partition coefficient (Wildman–Crippen LogP) is 7.72. The third-order valence-corrected chi connectivity index (χ3v) is 5.81. The molecule has 0 saturated carbocycles. The number of para-hydroxylation sites is 1. The van der Waals surface area contributed by atoms with E-state index < -0.39 is 0 Å². The van der Waals surface area contributed by atoms with E-state index in [1.807, 2.05) is 0 Å². The summed E-state index contributed by atoms with van der Waals surface area (Å²) in [5.74, 6) is 0. The molecule has 0 amide bonds. The summed E-state index contributed by atoms with van der Waals surface area (Å²) in [6, 6.07) is 10.8. The van der Waals surface area contributed by atoms with Gasteiger partial charge in [-0.1, -0.05) is 103 Å². The molecule has 1 aromatic carbocycles. The van der Waals surface area contributed by atoms with E-state index in [1.165, 1.54) is 89.3 Å². The van der Waals surface area contributed by atoms with Crippen LogP contribution in [0.5, 0.6) is 0 Å². The van der Waals surface area contributed by atoms with Crippen LogP contribution in [0, 0.1) is 0 Å². The van der Waals surface area contributed by atoms with Gasteiger partial charge in [-0.3, -0.25) is 0 Å². The predicted molar refractivity (Wildman–Crippen MR) is 120 cm³/mol. The Morgan fingerprint density at radius 3 is 1.78 bits per heavy atom. The van der Waals surface area contributed by atoms with Gasteiger partial charge in [0.25, 0.3) is 0 Å². The van der Waals surface area contributed by atoms with E-state index in [-0.39, 0.29) is 0 Å². The Balaban J connectivity index is 1.50. The fourth-order valence-corrected chi connectivity index (χ4v) is 4.16. The molecule has 0 spiro atoms. The molecule has 2 heteroatoms. The first-order chi connectivity index (χ1) is 13.4. The minimum Gasteiger partial charge on any atom is -0.356 e. The molecule has 0 bridgehead atoms. The highest BCUT2D eigenvalue weighted by molar-refractivity contribution is 5.51. The quantitative estimate of drug-likeness (QED) is 0.292. The first-order valence-corrected chi connectivity index (χ1v) is 11.6. The van der Waals surface area contributed by atoms with E-state index >= 15 is 0 Å². The molecule has 0 aromatic heterocycles. The van der Waals surface area contributed by atoms with Crippen molar-refractivity contribution in [1.29, 1.82) is 0 Å². The Labute approximate surface area is 168 Å². The Morgan fingerprint density at radius 1 is 0.667 bits per heavy atom. The number of unbranched alkanes of at least 4 members (excludes halogenated alkanes) is 11. The summed E-state index contributed by atoms with van der Waals surface area (Å²) in [7, 11) is 0. The lowest BCUT2D eigenvalue weighted by Crippen LogP contribution is -2.38. The number of anilines is 1. The minimum absolute atomic E-state index is 0.486. The molecule has 2 rings (SSSR count). The molecule has 1 atom stereocenters. The summed E-state index contributed by atoms with van der Waals surface area (Å²) < 4.78 is 0. The van der Waals surface area contributed by atoms with Crippen LogP contribution in [0.1, 0.15) is 97.3 Å². The van der Waals surface area contributed by atoms with E-state index in [2.05, 4.69) is 66.4 Å². The van der Waals surface area contributed by atoms with Crippen LogP contribution in [0.4, 0.5) is 5.69 Å². The van der Waals surface area contributed by atoms with E-state index in [4.69, 9.17) is 0 Å². The average molecular weight is 371 g/mol. The molecule has 1 unspecified atom stereocenters. The number of rotatable bonds is 15. The Bertz CT molecular complexity index is 496. The minimum atomic E-state index is 0.486. The van der Waals surface area contributed by atoms with Crippen LogP contribution in [0.3, 0.4) is 0 Å². The summed E-state index contributed by atoms with van der Waals surface area (Å²) in [5.41, 5.74) is 1.30. The third kappa shape index (κ3) is 7.99. The van der Waals surface area contributed by atoms with Gasteiger partial charge in [0, 0.05) is 24.6 Å². The zero-order valence-corrected chi connectivity index (χ0v) is 17.9. The Kier molecular flexibility index (Phi) is 11.1. The normalized spacial score (nSPS) is 16.4. The number of nitrogens with zero attached hydrogens (tertiary/aromatic N) is 2. The highest BCUT2D eigenvalue weighted by Crippen LogP contribution is 2.26. The molecule has 1 aliphatic heterocycles. The number of hydrogen-bond acceptors (Lipinski definition) is 2. The fraction of sp³-hybridized carbons (Fsp3) is 0.680. The van der Waals surface area contributed by atoms with Crippen molar-refractivity contribution in [3.05, 3.63) is 42.7 Å². The lowest BCUT2D eigenvalue weighted by molar-refractivity contribution is 0.285. The summed E-state index contributed by atoms with van der Waals surface area (Å²) in [6.45, 7) is 5.78. The second-order valence-electron chi connectivity index (χ2n) is 8.06. The van der Waals surface area contributed by atoms with E-state index in [0.717, 1.165) is 6.42 Å². The molecule has 2 nitrogen and oxygen atoms in total. The lowest BCUT2D eigenvalue weighted by atomic mass is 10.1. The van der Waals surface area contributed by atoms with Crippen LogP contribution in [-0.4, -0.2) is 17.6 Å². The molecule has 27 heavy (non-hydrogen) atoms. The molecule has 0 radical (unpaired) electrons. The summed E-state index contributed by atoms with van der Waals surface area (Å²) in [4.78, 5) is 4.95. The monoisotopic (exact) mass is 370 g/mol. The van der Waals surface area contributed by atoms with Gasteiger partial charge < -0.3 is 9.80 Å². The molecule has 0 N–H and O–H groups in total. The Hall–Kier alpha value is -1.44. The lowest BCUT2D eigenvalue weighted by Gasteiger charge is -2.32. The van der Waals surface area contributed by atoms with Crippen LogP contribution in [0.15, 0.2) is 42.7 Å². The zero-order valence-electron chi connectivity index (χ0n) is 17.9. The van der Waals surface area contributed by atoms with Gasteiger partial charge >= 0.3 is 0 Å². The number of hydrogen-bond donors (Lipinski definition) is 0. The molecule has 1 aromatic rings. The second kappa shape index (κ2) is 13.7. The number of benzene rings is 1. The van der Waals surface area contributed by atoms with Crippen molar-refractivity contribution < 1.29 is 0 Å². The highest BCUT2D eigenvalue weighted by atomic mass is 15.4. The van der Waals surface area contributed by atoms with Crippen molar-refractivity contribution in [2.45, 2.75) is 103 Å². The largest absolute Gasteiger partial charge is 0.356 e. The van der Waals surface area contributed by atoms with Crippen molar-refractivity contribution in [3.63, 3.8) is 0 Å². The second-order valence-corrected chi connectivity index (χ2v) is 8.06. The van der Waals surface area contributed by atoms with Crippen LogP contribution in [0.2, 0.25) is 0 Å². The maximum absolute atomic E-state index is 2.53. The summed E-state index contributed by atoms with van der Waals surface area (Å²) in [6.07, 6.45) is 23.2. The highest BCUT2D eigenvalue weighted by Gasteiger charge is 2.24. The maximum Gasteiger partial charge on any atom is 0.105 e. The van der Waals surface area contributed by atoms with E-state index in [1.54, 1.807) is 0 Å². The Morgan fingerprint density at radius 2 is 1.22 bits per heavy atom. The first-order valence-electron chi connectivity index (χ1n) is 11.6. The van der Waals surface area contributed by atoms with Gasteiger partial charge in [-0.25, -0.2) is 0 Å². The van der Waals surface area contributed by atoms with Crippen molar-refractivity contribution in [3.8, 4) is 0 Å². The molecular weight excluding hydrogens is 328 g/mol. The third-order valence-electron chi connectivity index (χ3n) is 5.81. The summed E-state index contributed by atoms with van der Waals surface area (Å²) in [5, 5.41) is 0. The van der Waals surface area contributed by atoms with Gasteiger partial charge in [0.05, 0.1) is 0 Å². The van der Waals surface area contributed by atoms with Crippen LogP contribution in [-0.2, 0) is 0 Å². The standard InChI is InChI=1S/C25H42N2/c1-3-5-6-7-8-9-10-11-12-13-14-18-21-26-22-23-27(25(26)4-2)24-19-16-15-17-20-24/h15-17,19-20,22-23,25H,3-14,18,21H2,1-2H3. The average Bonchev–Trinajstić information content (AvgIpc) is 3.12.